The van der Waals surface area contributed by atoms with E-state index in [1.807, 2.05) is 23.0 Å². The number of aromatic nitrogens is 2. The lowest BCUT2D eigenvalue weighted by Crippen LogP contribution is -2.19. The number of methoxy groups -OCH3 is 1. The first-order chi connectivity index (χ1) is 14.5. The van der Waals surface area contributed by atoms with Crippen LogP contribution in [0, 0.1) is 6.92 Å². The average Bonchev–Trinajstić information content (AvgIpc) is 3.13. The highest BCUT2D eigenvalue weighted by molar-refractivity contribution is 6.31. The van der Waals surface area contributed by atoms with Crippen molar-refractivity contribution in [2.24, 2.45) is 0 Å². The van der Waals surface area contributed by atoms with Gasteiger partial charge in [-0.25, -0.2) is 4.68 Å². The summed E-state index contributed by atoms with van der Waals surface area (Å²) in [7, 11) is 1.52. The number of ether oxygens (including phenoxy) is 1. The smallest absolute Gasteiger partial charge is 0.160 e. The summed E-state index contributed by atoms with van der Waals surface area (Å²) in [4.78, 5) is 0. The first kappa shape index (κ1) is 20.3. The molecule has 4 aromatic rings. The molecule has 0 aliphatic heterocycles. The van der Waals surface area contributed by atoms with Crippen LogP contribution in [-0.2, 0) is 6.54 Å². The van der Waals surface area contributed by atoms with Gasteiger partial charge in [0, 0.05) is 40.3 Å². The van der Waals surface area contributed by atoms with Gasteiger partial charge >= 0.3 is 0 Å². The highest BCUT2D eigenvalue weighted by atomic mass is 35.5. The average molecular weight is 422 g/mol. The van der Waals surface area contributed by atoms with Crippen molar-refractivity contribution in [3.05, 3.63) is 82.6 Å². The lowest BCUT2D eigenvalue weighted by Gasteiger charge is -2.16. The summed E-state index contributed by atoms with van der Waals surface area (Å²) in [5.41, 5.74) is 4.12. The molecular weight excluding hydrogens is 398 g/mol. The van der Waals surface area contributed by atoms with E-state index in [0.717, 1.165) is 22.5 Å². The minimum atomic E-state index is 0.0338. The molecule has 0 aliphatic rings. The highest BCUT2D eigenvalue weighted by Gasteiger charge is 2.16. The van der Waals surface area contributed by atoms with E-state index in [-0.39, 0.29) is 11.8 Å². The van der Waals surface area contributed by atoms with Gasteiger partial charge in [0.1, 0.15) is 0 Å². The molecule has 3 aromatic carbocycles. The van der Waals surface area contributed by atoms with Crippen LogP contribution >= 0.6 is 11.6 Å². The van der Waals surface area contributed by atoms with Crippen LogP contribution in [0.4, 0.5) is 0 Å². The maximum absolute atomic E-state index is 9.85. The number of phenolic OH excluding ortho intramolecular Hbond substituents is 1. The molecule has 0 aliphatic carbocycles. The Morgan fingerprint density at radius 2 is 1.93 bits per heavy atom. The lowest BCUT2D eigenvalue weighted by atomic mass is 10.1. The maximum atomic E-state index is 9.85. The van der Waals surface area contributed by atoms with Crippen LogP contribution < -0.4 is 10.1 Å². The Kier molecular flexibility index (Phi) is 5.66. The molecule has 2 N–H and O–H groups in total. The SMILES string of the molecule is COc1cc(CN[C@H](C)c2cnn(-c3cccc4ccccc34)c2C)c(Cl)cc1O. The van der Waals surface area contributed by atoms with E-state index in [4.69, 9.17) is 16.3 Å². The van der Waals surface area contributed by atoms with Gasteiger partial charge in [-0.2, -0.15) is 5.10 Å². The second kappa shape index (κ2) is 8.38. The highest BCUT2D eigenvalue weighted by Crippen LogP contribution is 2.32. The first-order valence-electron chi connectivity index (χ1n) is 9.81. The molecule has 154 valence electrons. The minimum Gasteiger partial charge on any atom is -0.504 e. The Morgan fingerprint density at radius 3 is 2.73 bits per heavy atom. The Balaban J connectivity index is 1.58. The topological polar surface area (TPSA) is 59.3 Å². The molecule has 5 nitrogen and oxygen atoms in total. The third-order valence-corrected chi connectivity index (χ3v) is 5.81. The molecule has 0 saturated heterocycles. The molecule has 30 heavy (non-hydrogen) atoms. The van der Waals surface area contributed by atoms with E-state index >= 15 is 0 Å². The molecule has 1 aromatic heterocycles. The van der Waals surface area contributed by atoms with Gasteiger partial charge in [0.2, 0.25) is 0 Å². The molecule has 0 fully saturated rings. The van der Waals surface area contributed by atoms with Crippen LogP contribution in [0.5, 0.6) is 11.5 Å². The second-order valence-electron chi connectivity index (χ2n) is 7.31. The third-order valence-electron chi connectivity index (χ3n) is 5.46. The van der Waals surface area contributed by atoms with E-state index in [2.05, 4.69) is 54.6 Å². The summed E-state index contributed by atoms with van der Waals surface area (Å²) in [6.45, 7) is 4.72. The molecule has 0 radical (unpaired) electrons. The number of hydrogen-bond acceptors (Lipinski definition) is 4. The quantitative estimate of drug-likeness (QED) is 0.428. The number of aromatic hydroxyl groups is 1. The number of fused-ring (bicyclic) bond motifs is 1. The number of phenols is 1. The van der Waals surface area contributed by atoms with Crippen LogP contribution in [0.3, 0.4) is 0 Å². The van der Waals surface area contributed by atoms with Crippen LogP contribution in [-0.4, -0.2) is 22.0 Å². The predicted molar refractivity (Wildman–Crippen MR) is 121 cm³/mol. The summed E-state index contributed by atoms with van der Waals surface area (Å²) >= 11 is 6.29. The molecule has 6 heteroatoms. The predicted octanol–water partition coefficient (Wildman–Crippen LogP) is 5.55. The molecule has 0 amide bonds. The summed E-state index contributed by atoms with van der Waals surface area (Å²) in [6.07, 6.45) is 1.91. The normalized spacial score (nSPS) is 12.3. The van der Waals surface area contributed by atoms with Gasteiger partial charge in [-0.05, 0) is 36.9 Å². The van der Waals surface area contributed by atoms with Crippen molar-refractivity contribution in [1.82, 2.24) is 15.1 Å². The van der Waals surface area contributed by atoms with Gasteiger partial charge in [0.15, 0.2) is 11.5 Å². The van der Waals surface area contributed by atoms with Crippen molar-refractivity contribution >= 4 is 22.4 Å². The van der Waals surface area contributed by atoms with Gasteiger partial charge in [-0.1, -0.05) is 48.0 Å². The fourth-order valence-electron chi connectivity index (χ4n) is 3.74. The molecule has 4 rings (SSSR count). The number of benzene rings is 3. The molecule has 1 atom stereocenters. The molecule has 0 spiro atoms. The van der Waals surface area contributed by atoms with Crippen molar-refractivity contribution in [3.8, 4) is 17.2 Å². The number of hydrogen-bond donors (Lipinski definition) is 2. The van der Waals surface area contributed by atoms with E-state index in [1.54, 1.807) is 6.07 Å². The Bertz CT molecular complexity index is 1200. The van der Waals surface area contributed by atoms with Crippen molar-refractivity contribution < 1.29 is 9.84 Å². The summed E-state index contributed by atoms with van der Waals surface area (Å²) < 4.78 is 7.18. The van der Waals surface area contributed by atoms with Crippen molar-refractivity contribution in [3.63, 3.8) is 0 Å². The van der Waals surface area contributed by atoms with E-state index < -0.39 is 0 Å². The summed E-state index contributed by atoms with van der Waals surface area (Å²) in [6, 6.07) is 17.9. The van der Waals surface area contributed by atoms with Crippen LogP contribution in [0.25, 0.3) is 16.5 Å². The van der Waals surface area contributed by atoms with Gasteiger partial charge in [0.25, 0.3) is 0 Å². The third kappa shape index (κ3) is 3.74. The Labute approximate surface area is 180 Å². The van der Waals surface area contributed by atoms with E-state index in [9.17, 15) is 5.11 Å². The number of rotatable bonds is 6. The summed E-state index contributed by atoms with van der Waals surface area (Å²) in [5, 5.41) is 20.9. The Morgan fingerprint density at radius 1 is 1.17 bits per heavy atom. The van der Waals surface area contributed by atoms with Crippen molar-refractivity contribution in [2.45, 2.75) is 26.4 Å². The Hall–Kier alpha value is -3.02. The molecule has 0 saturated carbocycles. The van der Waals surface area contributed by atoms with Crippen LogP contribution in [0.15, 0.2) is 60.8 Å². The zero-order valence-electron chi connectivity index (χ0n) is 17.2. The van der Waals surface area contributed by atoms with Gasteiger partial charge in [-0.3, -0.25) is 0 Å². The lowest BCUT2D eigenvalue weighted by molar-refractivity contribution is 0.372. The standard InChI is InChI=1S/C24H24ClN3O2/c1-15(26-13-18-11-24(30-3)23(29)12-21(18)25)20-14-27-28(16(20)2)22-10-6-8-17-7-4-5-9-19(17)22/h4-12,14-15,26,29H,13H2,1-3H3/t15-/m1/s1. The second-order valence-corrected chi connectivity index (χ2v) is 7.72. The van der Waals surface area contributed by atoms with E-state index in [0.29, 0.717) is 17.3 Å². The molecule has 0 unspecified atom stereocenters. The monoisotopic (exact) mass is 421 g/mol. The maximum Gasteiger partial charge on any atom is 0.160 e. The zero-order valence-corrected chi connectivity index (χ0v) is 17.9. The van der Waals surface area contributed by atoms with E-state index in [1.165, 1.54) is 23.9 Å². The zero-order chi connectivity index (χ0) is 21.3. The minimum absolute atomic E-state index is 0.0338. The van der Waals surface area contributed by atoms with Gasteiger partial charge in [0.05, 0.1) is 19.0 Å². The number of halogens is 1. The number of nitrogens with zero attached hydrogens (tertiary/aromatic N) is 2. The fraction of sp³-hybridized carbons (Fsp3) is 0.208. The number of nitrogens with one attached hydrogen (secondary N) is 1. The fourth-order valence-corrected chi connectivity index (χ4v) is 3.96. The largest absolute Gasteiger partial charge is 0.504 e. The summed E-state index contributed by atoms with van der Waals surface area (Å²) in [5.74, 6) is 0.440. The van der Waals surface area contributed by atoms with Gasteiger partial charge in [-0.15, -0.1) is 0 Å². The molecular formula is C24H24ClN3O2. The van der Waals surface area contributed by atoms with Crippen LogP contribution in [0.1, 0.15) is 29.8 Å². The molecule has 0 bridgehead atoms. The first-order valence-corrected chi connectivity index (χ1v) is 10.2. The van der Waals surface area contributed by atoms with Crippen molar-refractivity contribution in [2.75, 3.05) is 7.11 Å². The van der Waals surface area contributed by atoms with Gasteiger partial charge < -0.3 is 15.2 Å². The van der Waals surface area contributed by atoms with Crippen molar-refractivity contribution in [1.29, 1.82) is 0 Å². The van der Waals surface area contributed by atoms with Crippen LogP contribution in [0.2, 0.25) is 5.02 Å². The molecule has 1 heterocycles.